The lowest BCUT2D eigenvalue weighted by Gasteiger charge is -2.19. The molecule has 1 N–H and O–H groups in total. The molecule has 0 aromatic heterocycles. The third-order valence-electron chi connectivity index (χ3n) is 4.72. The van der Waals surface area contributed by atoms with Gasteiger partial charge >= 0.3 is 0 Å². The second-order valence-electron chi connectivity index (χ2n) is 6.61. The summed E-state index contributed by atoms with van der Waals surface area (Å²) in [6, 6.07) is 10.7. The smallest absolute Gasteiger partial charge is 0.0263 e. The third-order valence-corrected chi connectivity index (χ3v) is 4.72. The molecule has 1 heteroatoms. The Labute approximate surface area is 139 Å². The van der Waals surface area contributed by atoms with E-state index in [2.05, 4.69) is 81.6 Å². The van der Waals surface area contributed by atoms with Gasteiger partial charge in [0.1, 0.15) is 0 Å². The van der Waals surface area contributed by atoms with Crippen molar-refractivity contribution < 1.29 is 0 Å². The van der Waals surface area contributed by atoms with Gasteiger partial charge in [-0.3, -0.25) is 0 Å². The Morgan fingerprint density at radius 1 is 1.04 bits per heavy atom. The van der Waals surface area contributed by atoms with E-state index in [1.54, 1.807) is 0 Å². The Morgan fingerprint density at radius 3 is 2.48 bits per heavy atom. The Kier molecular flexibility index (Phi) is 4.38. The van der Waals surface area contributed by atoms with Crippen LogP contribution in [0.25, 0.3) is 0 Å². The molecule has 1 nitrogen and oxygen atoms in total. The topological polar surface area (TPSA) is 12.0 Å². The first kappa shape index (κ1) is 15.6. The molecule has 1 aromatic rings. The average Bonchev–Trinajstić information content (AvgIpc) is 2.88. The van der Waals surface area contributed by atoms with Crippen molar-refractivity contribution in [3.05, 3.63) is 93.4 Å². The van der Waals surface area contributed by atoms with Gasteiger partial charge in [-0.05, 0) is 62.0 Å². The predicted octanol–water partition coefficient (Wildman–Crippen LogP) is 5.60. The van der Waals surface area contributed by atoms with Crippen LogP contribution in [0.3, 0.4) is 0 Å². The molecule has 0 saturated carbocycles. The van der Waals surface area contributed by atoms with Gasteiger partial charge in [-0.2, -0.15) is 0 Å². The SMILES string of the molecule is CC(C)=C1/C=C/C2=C(CC=C2Cc2ccccc2)N/C(C)=C/1C. The molecular weight excluding hydrogens is 278 g/mol. The lowest BCUT2D eigenvalue weighted by Crippen LogP contribution is -2.14. The second-order valence-corrected chi connectivity index (χ2v) is 6.61. The number of allylic oxidation sites excluding steroid dienone is 9. The molecule has 0 unspecified atom stereocenters. The van der Waals surface area contributed by atoms with Gasteiger partial charge in [-0.15, -0.1) is 0 Å². The van der Waals surface area contributed by atoms with Crippen molar-refractivity contribution in [1.29, 1.82) is 0 Å². The predicted molar refractivity (Wildman–Crippen MR) is 98.9 cm³/mol. The van der Waals surface area contributed by atoms with Crippen LogP contribution in [0.1, 0.15) is 39.7 Å². The summed E-state index contributed by atoms with van der Waals surface area (Å²) >= 11 is 0. The maximum Gasteiger partial charge on any atom is 0.0263 e. The number of benzene rings is 1. The molecule has 1 aliphatic carbocycles. The highest BCUT2D eigenvalue weighted by molar-refractivity contribution is 5.56. The molecule has 1 aliphatic heterocycles. The minimum atomic E-state index is 0.997. The van der Waals surface area contributed by atoms with Crippen molar-refractivity contribution in [2.24, 2.45) is 0 Å². The summed E-state index contributed by atoms with van der Waals surface area (Å²) < 4.78 is 0. The van der Waals surface area contributed by atoms with Gasteiger partial charge in [0.2, 0.25) is 0 Å². The van der Waals surface area contributed by atoms with Crippen molar-refractivity contribution in [1.82, 2.24) is 5.32 Å². The highest BCUT2D eigenvalue weighted by Gasteiger charge is 2.19. The fourth-order valence-electron chi connectivity index (χ4n) is 3.30. The summed E-state index contributed by atoms with van der Waals surface area (Å²) in [7, 11) is 0. The van der Waals surface area contributed by atoms with E-state index in [9.17, 15) is 0 Å². The Morgan fingerprint density at radius 2 is 1.78 bits per heavy atom. The van der Waals surface area contributed by atoms with Crippen LogP contribution in [0.4, 0.5) is 0 Å². The molecule has 0 atom stereocenters. The summed E-state index contributed by atoms with van der Waals surface area (Å²) in [5, 5.41) is 3.65. The van der Waals surface area contributed by atoms with E-state index in [0.717, 1.165) is 12.8 Å². The van der Waals surface area contributed by atoms with Gasteiger partial charge < -0.3 is 5.32 Å². The zero-order chi connectivity index (χ0) is 16.4. The summed E-state index contributed by atoms with van der Waals surface area (Å²) in [5.41, 5.74) is 10.8. The summed E-state index contributed by atoms with van der Waals surface area (Å²) in [5.74, 6) is 0. The monoisotopic (exact) mass is 303 g/mol. The second kappa shape index (κ2) is 6.45. The molecule has 0 saturated heterocycles. The molecule has 23 heavy (non-hydrogen) atoms. The zero-order valence-corrected chi connectivity index (χ0v) is 14.5. The molecule has 0 amide bonds. The Bertz CT molecular complexity index is 763. The zero-order valence-electron chi connectivity index (χ0n) is 14.5. The Balaban J connectivity index is 1.96. The van der Waals surface area contributed by atoms with Gasteiger partial charge in [0.15, 0.2) is 0 Å². The first-order valence-electron chi connectivity index (χ1n) is 8.33. The maximum absolute atomic E-state index is 3.65. The van der Waals surface area contributed by atoms with Crippen LogP contribution in [-0.4, -0.2) is 0 Å². The fraction of sp³-hybridized carbons (Fsp3) is 0.273. The molecule has 2 aliphatic rings. The van der Waals surface area contributed by atoms with E-state index in [1.165, 1.54) is 44.8 Å². The van der Waals surface area contributed by atoms with Crippen molar-refractivity contribution in [2.45, 2.75) is 40.5 Å². The summed E-state index contributed by atoms with van der Waals surface area (Å²) in [4.78, 5) is 0. The number of hydrogen-bond acceptors (Lipinski definition) is 1. The van der Waals surface area contributed by atoms with E-state index in [-0.39, 0.29) is 0 Å². The maximum atomic E-state index is 3.65. The average molecular weight is 303 g/mol. The minimum Gasteiger partial charge on any atom is -0.362 e. The van der Waals surface area contributed by atoms with Crippen LogP contribution < -0.4 is 5.32 Å². The van der Waals surface area contributed by atoms with E-state index in [4.69, 9.17) is 0 Å². The molecule has 0 radical (unpaired) electrons. The summed E-state index contributed by atoms with van der Waals surface area (Å²) in [6.07, 6.45) is 8.94. The van der Waals surface area contributed by atoms with E-state index < -0.39 is 0 Å². The first-order chi connectivity index (χ1) is 11.1. The van der Waals surface area contributed by atoms with Crippen LogP contribution in [0.15, 0.2) is 87.8 Å². The Hall–Kier alpha value is -2.28. The standard InChI is InChI=1S/C22H25N/c1-15(2)20-11-12-21-19(14-18-8-6-5-7-9-18)10-13-22(21)23-17(4)16(20)3/h5-12,23H,13-14H2,1-4H3/b12-11+,17-16+. The van der Waals surface area contributed by atoms with Gasteiger partial charge in [-0.1, -0.05) is 54.1 Å². The molecule has 118 valence electrons. The van der Waals surface area contributed by atoms with Crippen molar-refractivity contribution in [3.8, 4) is 0 Å². The highest BCUT2D eigenvalue weighted by Crippen LogP contribution is 2.32. The molecule has 1 heterocycles. The van der Waals surface area contributed by atoms with Crippen LogP contribution in [0, 0.1) is 0 Å². The van der Waals surface area contributed by atoms with Crippen LogP contribution in [0.5, 0.6) is 0 Å². The third kappa shape index (κ3) is 3.24. The number of nitrogens with one attached hydrogen (secondary N) is 1. The lowest BCUT2D eigenvalue weighted by molar-refractivity contribution is 0.906. The number of hydrogen-bond donors (Lipinski definition) is 1. The van der Waals surface area contributed by atoms with Crippen molar-refractivity contribution in [2.75, 3.05) is 0 Å². The molecule has 1 aromatic carbocycles. The van der Waals surface area contributed by atoms with Crippen LogP contribution in [-0.2, 0) is 6.42 Å². The fourth-order valence-corrected chi connectivity index (χ4v) is 3.30. The van der Waals surface area contributed by atoms with Gasteiger partial charge in [0, 0.05) is 17.8 Å². The largest absolute Gasteiger partial charge is 0.362 e. The van der Waals surface area contributed by atoms with Crippen molar-refractivity contribution >= 4 is 0 Å². The van der Waals surface area contributed by atoms with E-state index >= 15 is 0 Å². The summed E-state index contributed by atoms with van der Waals surface area (Å²) in [6.45, 7) is 8.75. The quantitative estimate of drug-likeness (QED) is 0.749. The van der Waals surface area contributed by atoms with Crippen LogP contribution in [0.2, 0.25) is 0 Å². The first-order valence-corrected chi connectivity index (χ1v) is 8.33. The molecule has 0 fully saturated rings. The molecular formula is C22H25N. The van der Waals surface area contributed by atoms with Gasteiger partial charge in [-0.25, -0.2) is 0 Å². The normalized spacial score (nSPS) is 22.1. The van der Waals surface area contributed by atoms with E-state index in [0.29, 0.717) is 0 Å². The van der Waals surface area contributed by atoms with E-state index in [1.807, 2.05) is 0 Å². The van der Waals surface area contributed by atoms with Crippen molar-refractivity contribution in [3.63, 3.8) is 0 Å². The molecule has 0 spiro atoms. The lowest BCUT2D eigenvalue weighted by atomic mass is 9.95. The van der Waals surface area contributed by atoms with Crippen LogP contribution >= 0.6 is 0 Å². The van der Waals surface area contributed by atoms with Gasteiger partial charge in [0.25, 0.3) is 0 Å². The molecule has 3 rings (SSSR count). The number of rotatable bonds is 2. The molecule has 0 bridgehead atoms. The highest BCUT2D eigenvalue weighted by atomic mass is 14.9. The van der Waals surface area contributed by atoms with Gasteiger partial charge in [0.05, 0.1) is 0 Å². The minimum absolute atomic E-state index is 0.997.